The minimum atomic E-state index is -0.785. The van der Waals surface area contributed by atoms with Crippen molar-refractivity contribution in [3.63, 3.8) is 0 Å². The molecule has 25 heavy (non-hydrogen) atoms. The Labute approximate surface area is 155 Å². The van der Waals surface area contributed by atoms with Crippen LogP contribution >= 0.6 is 15.9 Å². The third-order valence-electron chi connectivity index (χ3n) is 3.55. The molecule has 2 N–H and O–H groups in total. The van der Waals surface area contributed by atoms with Gasteiger partial charge < -0.3 is 9.88 Å². The van der Waals surface area contributed by atoms with Gasteiger partial charge in [-0.05, 0) is 58.0 Å². The van der Waals surface area contributed by atoms with Crippen molar-refractivity contribution in [1.82, 2.24) is 15.3 Å². The monoisotopic (exact) mass is 404 g/mol. The van der Waals surface area contributed by atoms with Crippen LogP contribution in [0, 0.1) is 13.8 Å². The average molecular weight is 405 g/mol. The topological polar surface area (TPSA) is 75.5 Å². The van der Waals surface area contributed by atoms with Crippen LogP contribution in [0.15, 0.2) is 39.9 Å². The molecule has 6 nitrogen and oxygen atoms in total. The van der Waals surface area contributed by atoms with E-state index in [9.17, 15) is 9.59 Å². The standard InChI is InChI=1S/C18H21BrN4O2/c1-11(2)21-17(24)18(25)22-20-10-14-9-12(3)23(13(14)4)16-7-5-15(19)6-8-16/h5-11H,1-4H3,(H,21,24)(H,22,25)/b20-10-. The van der Waals surface area contributed by atoms with Crippen LogP contribution < -0.4 is 10.7 Å². The summed E-state index contributed by atoms with van der Waals surface area (Å²) in [6, 6.07) is 9.87. The molecule has 7 heteroatoms. The molecule has 0 aliphatic rings. The summed E-state index contributed by atoms with van der Waals surface area (Å²) in [7, 11) is 0. The molecular weight excluding hydrogens is 384 g/mol. The molecule has 0 radical (unpaired) electrons. The molecule has 132 valence electrons. The molecule has 2 aromatic rings. The number of aryl methyl sites for hydroxylation is 1. The van der Waals surface area contributed by atoms with E-state index in [0.717, 1.165) is 27.1 Å². The van der Waals surface area contributed by atoms with Crippen molar-refractivity contribution in [2.24, 2.45) is 5.10 Å². The zero-order valence-electron chi connectivity index (χ0n) is 14.6. The number of rotatable bonds is 4. The van der Waals surface area contributed by atoms with Gasteiger partial charge in [-0.25, -0.2) is 5.43 Å². The molecule has 0 spiro atoms. The molecule has 2 rings (SSSR count). The van der Waals surface area contributed by atoms with E-state index in [4.69, 9.17) is 0 Å². The third-order valence-corrected chi connectivity index (χ3v) is 4.08. The van der Waals surface area contributed by atoms with E-state index >= 15 is 0 Å². The van der Waals surface area contributed by atoms with Crippen LogP contribution in [0.25, 0.3) is 5.69 Å². The van der Waals surface area contributed by atoms with Gasteiger partial charge in [0.1, 0.15) is 0 Å². The fourth-order valence-electron chi connectivity index (χ4n) is 2.44. The summed E-state index contributed by atoms with van der Waals surface area (Å²) in [5.41, 5.74) is 6.18. The Morgan fingerprint density at radius 3 is 2.40 bits per heavy atom. The third kappa shape index (κ3) is 4.79. The summed E-state index contributed by atoms with van der Waals surface area (Å²) in [4.78, 5) is 23.2. The minimum Gasteiger partial charge on any atom is -0.346 e. The highest BCUT2D eigenvalue weighted by atomic mass is 79.9. The molecular formula is C18H21BrN4O2. The van der Waals surface area contributed by atoms with Crippen molar-refractivity contribution in [3.8, 4) is 5.69 Å². The first-order chi connectivity index (χ1) is 11.8. The predicted molar refractivity (Wildman–Crippen MR) is 102 cm³/mol. The van der Waals surface area contributed by atoms with E-state index in [1.54, 1.807) is 13.8 Å². The number of carbonyl (C=O) groups is 2. The summed E-state index contributed by atoms with van der Waals surface area (Å²) >= 11 is 3.43. The molecule has 0 fully saturated rings. The van der Waals surface area contributed by atoms with Gasteiger partial charge >= 0.3 is 11.8 Å². The lowest BCUT2D eigenvalue weighted by molar-refractivity contribution is -0.139. The molecule has 0 saturated carbocycles. The van der Waals surface area contributed by atoms with Crippen LogP contribution in [-0.4, -0.2) is 28.6 Å². The molecule has 1 heterocycles. The first kappa shape index (κ1) is 18.9. The van der Waals surface area contributed by atoms with Gasteiger partial charge in [-0.3, -0.25) is 9.59 Å². The van der Waals surface area contributed by atoms with Gasteiger partial charge in [0.25, 0.3) is 0 Å². The second-order valence-electron chi connectivity index (χ2n) is 5.97. The second-order valence-corrected chi connectivity index (χ2v) is 6.88. The molecule has 0 atom stereocenters. The zero-order valence-corrected chi connectivity index (χ0v) is 16.2. The van der Waals surface area contributed by atoms with Crippen LogP contribution in [0.2, 0.25) is 0 Å². The Hall–Kier alpha value is -2.41. The normalized spacial score (nSPS) is 11.1. The van der Waals surface area contributed by atoms with Gasteiger partial charge in [0, 0.05) is 33.2 Å². The number of benzene rings is 1. The van der Waals surface area contributed by atoms with Crippen molar-refractivity contribution < 1.29 is 9.59 Å². The Bertz CT molecular complexity index is 807. The lowest BCUT2D eigenvalue weighted by Gasteiger charge is -2.09. The highest BCUT2D eigenvalue weighted by Crippen LogP contribution is 2.21. The Balaban J connectivity index is 2.13. The van der Waals surface area contributed by atoms with Gasteiger partial charge in [-0.1, -0.05) is 15.9 Å². The van der Waals surface area contributed by atoms with Crippen molar-refractivity contribution in [1.29, 1.82) is 0 Å². The Kier molecular flexibility index (Phi) is 6.14. The largest absolute Gasteiger partial charge is 0.346 e. The summed E-state index contributed by atoms with van der Waals surface area (Å²) in [6.45, 7) is 7.54. The van der Waals surface area contributed by atoms with Gasteiger partial charge in [-0.15, -0.1) is 0 Å². The van der Waals surface area contributed by atoms with E-state index < -0.39 is 11.8 Å². The molecule has 2 amide bonds. The van der Waals surface area contributed by atoms with Gasteiger partial charge in [0.2, 0.25) is 0 Å². The van der Waals surface area contributed by atoms with Gasteiger partial charge in [-0.2, -0.15) is 5.10 Å². The fraction of sp³-hybridized carbons (Fsp3) is 0.278. The number of hydrogen-bond acceptors (Lipinski definition) is 3. The maximum absolute atomic E-state index is 11.6. The molecule has 0 aliphatic carbocycles. The maximum Gasteiger partial charge on any atom is 0.329 e. The summed E-state index contributed by atoms with van der Waals surface area (Å²) in [6.07, 6.45) is 1.54. The van der Waals surface area contributed by atoms with E-state index in [1.807, 2.05) is 44.2 Å². The van der Waals surface area contributed by atoms with E-state index in [1.165, 1.54) is 6.21 Å². The highest BCUT2D eigenvalue weighted by molar-refractivity contribution is 9.10. The average Bonchev–Trinajstić information content (AvgIpc) is 2.82. The number of hydrazone groups is 1. The Morgan fingerprint density at radius 2 is 1.80 bits per heavy atom. The Morgan fingerprint density at radius 1 is 1.16 bits per heavy atom. The molecule has 0 aliphatic heterocycles. The molecule has 0 bridgehead atoms. The van der Waals surface area contributed by atoms with E-state index in [0.29, 0.717) is 0 Å². The lowest BCUT2D eigenvalue weighted by Crippen LogP contribution is -2.41. The van der Waals surface area contributed by atoms with Crippen LogP contribution in [0.3, 0.4) is 0 Å². The summed E-state index contributed by atoms with van der Waals surface area (Å²) in [5, 5.41) is 6.40. The van der Waals surface area contributed by atoms with Crippen LogP contribution in [-0.2, 0) is 9.59 Å². The highest BCUT2D eigenvalue weighted by Gasteiger charge is 2.13. The van der Waals surface area contributed by atoms with Gasteiger partial charge in [0.05, 0.1) is 6.21 Å². The lowest BCUT2D eigenvalue weighted by atomic mass is 10.2. The number of nitrogens with zero attached hydrogens (tertiary/aromatic N) is 2. The summed E-state index contributed by atoms with van der Waals surface area (Å²) in [5.74, 6) is -1.49. The molecule has 1 aromatic heterocycles. The van der Waals surface area contributed by atoms with Crippen molar-refractivity contribution in [2.75, 3.05) is 0 Å². The van der Waals surface area contributed by atoms with Crippen LogP contribution in [0.1, 0.15) is 30.8 Å². The predicted octanol–water partition coefficient (Wildman–Crippen LogP) is 2.83. The van der Waals surface area contributed by atoms with E-state index in [2.05, 4.69) is 36.3 Å². The SMILES string of the molecule is Cc1cc(/C=N\NC(=O)C(=O)NC(C)C)c(C)n1-c1ccc(Br)cc1. The number of halogens is 1. The second kappa shape index (κ2) is 8.11. The van der Waals surface area contributed by atoms with Crippen LogP contribution in [0.4, 0.5) is 0 Å². The first-order valence-electron chi connectivity index (χ1n) is 7.88. The van der Waals surface area contributed by atoms with Gasteiger partial charge in [0.15, 0.2) is 0 Å². The molecule has 1 aromatic carbocycles. The zero-order chi connectivity index (χ0) is 18.6. The van der Waals surface area contributed by atoms with Crippen molar-refractivity contribution >= 4 is 34.0 Å². The number of aromatic nitrogens is 1. The maximum atomic E-state index is 11.6. The molecule has 0 unspecified atom stereocenters. The van der Waals surface area contributed by atoms with E-state index in [-0.39, 0.29) is 6.04 Å². The number of amides is 2. The van der Waals surface area contributed by atoms with Crippen molar-refractivity contribution in [2.45, 2.75) is 33.7 Å². The van der Waals surface area contributed by atoms with Crippen LogP contribution in [0.5, 0.6) is 0 Å². The smallest absolute Gasteiger partial charge is 0.329 e. The quantitative estimate of drug-likeness (QED) is 0.466. The number of carbonyl (C=O) groups excluding carboxylic acids is 2. The molecule has 0 saturated heterocycles. The fourth-order valence-corrected chi connectivity index (χ4v) is 2.71. The minimum absolute atomic E-state index is 0.105. The summed E-state index contributed by atoms with van der Waals surface area (Å²) < 4.78 is 3.11. The number of nitrogens with one attached hydrogen (secondary N) is 2. The first-order valence-corrected chi connectivity index (χ1v) is 8.67. The number of hydrogen-bond donors (Lipinski definition) is 2. The van der Waals surface area contributed by atoms with Crippen molar-refractivity contribution in [3.05, 3.63) is 51.8 Å².